The van der Waals surface area contributed by atoms with Crippen molar-refractivity contribution in [3.05, 3.63) is 35.4 Å². The minimum absolute atomic E-state index is 0.265. The summed E-state index contributed by atoms with van der Waals surface area (Å²) in [4.78, 5) is 43.8. The molecule has 0 amide bonds. The van der Waals surface area contributed by atoms with Crippen molar-refractivity contribution in [2.45, 2.75) is 12.8 Å². The summed E-state index contributed by atoms with van der Waals surface area (Å²) in [7, 11) is 0. The molecule has 1 rings (SSSR count). The van der Waals surface area contributed by atoms with Crippen LogP contribution in [0.5, 0.6) is 0 Å². The van der Waals surface area contributed by atoms with Crippen LogP contribution >= 0.6 is 0 Å². The van der Waals surface area contributed by atoms with Gasteiger partial charge in [0.2, 0.25) is 0 Å². The molecule has 7 nitrogen and oxygen atoms in total. The van der Waals surface area contributed by atoms with Gasteiger partial charge in [-0.05, 0) is 12.1 Å². The Bertz CT molecular complexity index is 533. The molecule has 0 saturated heterocycles. The lowest BCUT2D eigenvalue weighted by Crippen LogP contribution is -2.16. The lowest BCUT2D eigenvalue weighted by molar-refractivity contribution is -0.144. The zero-order chi connectivity index (χ0) is 14.4. The molecular formula is C12H10O7. The van der Waals surface area contributed by atoms with Crippen molar-refractivity contribution in [2.75, 3.05) is 0 Å². The summed E-state index contributed by atoms with van der Waals surface area (Å²) in [5, 5.41) is 17.2. The fourth-order valence-electron chi connectivity index (χ4n) is 1.27. The number of carbonyl (C=O) groups excluding carboxylic acids is 2. The van der Waals surface area contributed by atoms with E-state index in [2.05, 4.69) is 4.74 Å². The quantitative estimate of drug-likeness (QED) is 0.601. The number of benzene rings is 1. The minimum Gasteiger partial charge on any atom is -0.481 e. The molecule has 0 aromatic heterocycles. The Morgan fingerprint density at radius 3 is 2.05 bits per heavy atom. The lowest BCUT2D eigenvalue weighted by atomic mass is 10.1. The maximum Gasteiger partial charge on any atom is 0.346 e. The molecule has 0 saturated carbocycles. The second-order valence-corrected chi connectivity index (χ2v) is 3.51. The maximum atomic E-state index is 11.6. The lowest BCUT2D eigenvalue weighted by Gasteiger charge is -2.05. The molecule has 0 bridgehead atoms. The molecule has 19 heavy (non-hydrogen) atoms. The van der Waals surface area contributed by atoms with Gasteiger partial charge in [-0.2, -0.15) is 0 Å². The number of hydrogen-bond acceptors (Lipinski definition) is 5. The fourth-order valence-corrected chi connectivity index (χ4v) is 1.27. The Morgan fingerprint density at radius 2 is 1.53 bits per heavy atom. The second-order valence-electron chi connectivity index (χ2n) is 3.51. The summed E-state index contributed by atoms with van der Waals surface area (Å²) >= 11 is 0. The SMILES string of the molecule is O=C(O)CCC(=O)OC(=O)c1ccccc1C(=O)O. The van der Waals surface area contributed by atoms with Gasteiger partial charge in [0.25, 0.3) is 0 Å². The first kappa shape index (κ1) is 14.4. The number of carbonyl (C=O) groups is 4. The zero-order valence-corrected chi connectivity index (χ0v) is 9.66. The van der Waals surface area contributed by atoms with E-state index in [0.29, 0.717) is 0 Å². The Morgan fingerprint density at radius 1 is 0.947 bits per heavy atom. The van der Waals surface area contributed by atoms with Crippen molar-refractivity contribution in [1.82, 2.24) is 0 Å². The molecule has 1 aromatic carbocycles. The Kier molecular flexibility index (Phi) is 4.76. The third kappa shape index (κ3) is 4.23. The smallest absolute Gasteiger partial charge is 0.346 e. The van der Waals surface area contributed by atoms with Crippen LogP contribution in [-0.4, -0.2) is 34.1 Å². The summed E-state index contributed by atoms with van der Waals surface area (Å²) in [6, 6.07) is 5.24. The highest BCUT2D eigenvalue weighted by atomic mass is 16.6. The topological polar surface area (TPSA) is 118 Å². The standard InChI is InChI=1S/C12H10O7/c13-9(14)5-6-10(15)19-12(18)8-4-2-1-3-7(8)11(16)17/h1-4H,5-6H2,(H,13,14)(H,16,17). The monoisotopic (exact) mass is 266 g/mol. The average molecular weight is 266 g/mol. The number of ether oxygens (including phenoxy) is 1. The van der Waals surface area contributed by atoms with Crippen molar-refractivity contribution >= 4 is 23.9 Å². The van der Waals surface area contributed by atoms with E-state index in [1.165, 1.54) is 24.3 Å². The first-order chi connectivity index (χ1) is 8.91. The van der Waals surface area contributed by atoms with E-state index < -0.39 is 36.7 Å². The summed E-state index contributed by atoms with van der Waals surface area (Å²) in [6.07, 6.45) is -0.928. The van der Waals surface area contributed by atoms with Crippen LogP contribution in [-0.2, 0) is 14.3 Å². The van der Waals surface area contributed by atoms with Crippen LogP contribution in [0.15, 0.2) is 24.3 Å². The molecule has 0 aliphatic heterocycles. The van der Waals surface area contributed by atoms with E-state index in [9.17, 15) is 19.2 Å². The van der Waals surface area contributed by atoms with Crippen LogP contribution in [0, 0.1) is 0 Å². The molecule has 7 heteroatoms. The van der Waals surface area contributed by atoms with Gasteiger partial charge in [0.15, 0.2) is 0 Å². The molecule has 0 aliphatic rings. The summed E-state index contributed by atoms with van der Waals surface area (Å²) in [6.45, 7) is 0. The van der Waals surface area contributed by atoms with Gasteiger partial charge in [-0.3, -0.25) is 9.59 Å². The third-order valence-corrected chi connectivity index (χ3v) is 2.13. The van der Waals surface area contributed by atoms with Crippen LogP contribution in [0.1, 0.15) is 33.6 Å². The Balaban J connectivity index is 2.76. The third-order valence-electron chi connectivity index (χ3n) is 2.13. The van der Waals surface area contributed by atoms with Crippen molar-refractivity contribution in [2.24, 2.45) is 0 Å². The molecule has 0 radical (unpaired) electrons. The van der Waals surface area contributed by atoms with Crippen molar-refractivity contribution in [3.8, 4) is 0 Å². The van der Waals surface area contributed by atoms with Gasteiger partial charge in [-0.15, -0.1) is 0 Å². The van der Waals surface area contributed by atoms with Crippen LogP contribution in [0.3, 0.4) is 0 Å². The van der Waals surface area contributed by atoms with Crippen LogP contribution in [0.2, 0.25) is 0 Å². The highest BCUT2D eigenvalue weighted by molar-refractivity contribution is 6.05. The fraction of sp³-hybridized carbons (Fsp3) is 0.167. The van der Waals surface area contributed by atoms with E-state index in [0.717, 1.165) is 0 Å². The highest BCUT2D eigenvalue weighted by Crippen LogP contribution is 2.11. The molecule has 1 aromatic rings. The summed E-state index contributed by atoms with van der Waals surface area (Å²) in [5.74, 6) is -4.66. The van der Waals surface area contributed by atoms with Crippen molar-refractivity contribution in [1.29, 1.82) is 0 Å². The van der Waals surface area contributed by atoms with Crippen LogP contribution in [0.4, 0.5) is 0 Å². The summed E-state index contributed by atoms with van der Waals surface area (Å²) < 4.78 is 4.37. The van der Waals surface area contributed by atoms with Gasteiger partial charge in [0.1, 0.15) is 0 Å². The predicted molar refractivity (Wildman–Crippen MR) is 60.7 cm³/mol. The Hall–Kier alpha value is -2.70. The number of aromatic carboxylic acids is 1. The molecule has 100 valence electrons. The first-order valence-corrected chi connectivity index (χ1v) is 5.21. The van der Waals surface area contributed by atoms with E-state index in [1.807, 2.05) is 0 Å². The average Bonchev–Trinajstić information content (AvgIpc) is 2.36. The number of esters is 2. The van der Waals surface area contributed by atoms with E-state index in [1.54, 1.807) is 0 Å². The maximum absolute atomic E-state index is 11.6. The summed E-state index contributed by atoms with van der Waals surface area (Å²) in [5.41, 5.74) is -0.558. The molecular weight excluding hydrogens is 256 g/mol. The number of aliphatic carboxylic acids is 1. The van der Waals surface area contributed by atoms with Gasteiger partial charge in [0, 0.05) is 0 Å². The molecule has 0 unspecified atom stereocenters. The molecule has 0 aliphatic carbocycles. The van der Waals surface area contributed by atoms with Gasteiger partial charge in [-0.25, -0.2) is 9.59 Å². The molecule has 0 heterocycles. The largest absolute Gasteiger partial charge is 0.481 e. The van der Waals surface area contributed by atoms with Gasteiger partial charge >= 0.3 is 23.9 Å². The van der Waals surface area contributed by atoms with E-state index >= 15 is 0 Å². The zero-order valence-electron chi connectivity index (χ0n) is 9.66. The number of carboxylic acid groups (broad SMARTS) is 2. The highest BCUT2D eigenvalue weighted by Gasteiger charge is 2.20. The molecule has 0 atom stereocenters. The molecule has 2 N–H and O–H groups in total. The minimum atomic E-state index is -1.33. The van der Waals surface area contributed by atoms with E-state index in [-0.39, 0.29) is 11.1 Å². The predicted octanol–water partition coefficient (Wildman–Crippen LogP) is 0.933. The normalized spacial score (nSPS) is 9.68. The number of carboxylic acids is 2. The molecule has 0 spiro atoms. The second kappa shape index (κ2) is 6.29. The van der Waals surface area contributed by atoms with Crippen LogP contribution in [0.25, 0.3) is 0 Å². The van der Waals surface area contributed by atoms with Crippen LogP contribution < -0.4 is 0 Å². The first-order valence-electron chi connectivity index (χ1n) is 5.21. The number of hydrogen-bond donors (Lipinski definition) is 2. The Labute approximate surface area is 107 Å². The van der Waals surface area contributed by atoms with Crippen molar-refractivity contribution < 1.29 is 34.1 Å². The van der Waals surface area contributed by atoms with Gasteiger partial charge in [0.05, 0.1) is 24.0 Å². The van der Waals surface area contributed by atoms with Gasteiger partial charge in [-0.1, -0.05) is 12.1 Å². The van der Waals surface area contributed by atoms with Crippen molar-refractivity contribution in [3.63, 3.8) is 0 Å². The number of rotatable bonds is 5. The molecule has 0 fully saturated rings. The van der Waals surface area contributed by atoms with E-state index in [4.69, 9.17) is 10.2 Å². The van der Waals surface area contributed by atoms with Gasteiger partial charge < -0.3 is 14.9 Å².